The minimum Gasteiger partial charge on any atom is -0.480 e. The minimum absolute atomic E-state index is 0.0113. The molecule has 152 valence electrons. The summed E-state index contributed by atoms with van der Waals surface area (Å²) >= 11 is 0. The summed E-state index contributed by atoms with van der Waals surface area (Å²) in [6.45, 7) is -0.574. The van der Waals surface area contributed by atoms with Gasteiger partial charge in [-0.05, 0) is 37.1 Å². The van der Waals surface area contributed by atoms with E-state index in [-0.39, 0.29) is 11.4 Å². The van der Waals surface area contributed by atoms with Gasteiger partial charge in [0.2, 0.25) is 5.76 Å². The number of allylic oxidation sites excluding steroid dienone is 2. The molecule has 1 aromatic heterocycles. The molecule has 1 aliphatic heterocycles. The molecule has 0 radical (unpaired) electrons. The van der Waals surface area contributed by atoms with Crippen molar-refractivity contribution in [3.05, 3.63) is 53.1 Å². The molecule has 0 unspecified atom stereocenters. The van der Waals surface area contributed by atoms with Gasteiger partial charge in [0.05, 0.1) is 0 Å². The SMILES string of the molecule is N#CC(=C(OCC(=O)c1ccc(F)cc1)C(F)(F)F)c1nnc2n1CCCCC2. The number of aromatic nitrogens is 3. The maximum atomic E-state index is 13.6. The molecule has 0 saturated carbocycles. The molecule has 0 fully saturated rings. The quantitative estimate of drug-likeness (QED) is 0.325. The van der Waals surface area contributed by atoms with Gasteiger partial charge in [0.25, 0.3) is 0 Å². The fourth-order valence-corrected chi connectivity index (χ4v) is 3.02. The van der Waals surface area contributed by atoms with Gasteiger partial charge in [-0.3, -0.25) is 4.79 Å². The summed E-state index contributed by atoms with van der Waals surface area (Å²) in [5.74, 6) is -2.70. The number of nitriles is 1. The fourth-order valence-electron chi connectivity index (χ4n) is 3.02. The molecular weight excluding hydrogens is 392 g/mol. The number of Topliss-reactive ketones (excluding diaryl/α,β-unsaturated/α-hetero) is 1. The highest BCUT2D eigenvalue weighted by Crippen LogP contribution is 2.33. The van der Waals surface area contributed by atoms with Gasteiger partial charge in [0, 0.05) is 18.5 Å². The third kappa shape index (κ3) is 4.62. The number of hydrogen-bond acceptors (Lipinski definition) is 5. The number of ketones is 1. The molecule has 29 heavy (non-hydrogen) atoms. The lowest BCUT2D eigenvalue weighted by Gasteiger charge is -2.15. The average molecular weight is 408 g/mol. The monoisotopic (exact) mass is 408 g/mol. The Morgan fingerprint density at radius 3 is 2.55 bits per heavy atom. The van der Waals surface area contributed by atoms with Crippen LogP contribution in [0.25, 0.3) is 5.57 Å². The summed E-state index contributed by atoms with van der Waals surface area (Å²) in [7, 11) is 0. The first-order valence-corrected chi connectivity index (χ1v) is 8.87. The van der Waals surface area contributed by atoms with Crippen molar-refractivity contribution < 1.29 is 27.1 Å². The van der Waals surface area contributed by atoms with Crippen molar-refractivity contribution in [2.24, 2.45) is 0 Å². The molecule has 0 amide bonds. The van der Waals surface area contributed by atoms with E-state index in [2.05, 4.69) is 10.2 Å². The number of carbonyl (C=O) groups excluding carboxylic acids is 1. The summed E-state index contributed by atoms with van der Waals surface area (Å²) in [6.07, 6.45) is -2.02. The van der Waals surface area contributed by atoms with Crippen LogP contribution in [0, 0.1) is 17.1 Å². The van der Waals surface area contributed by atoms with Crippen LogP contribution in [0.3, 0.4) is 0 Å². The number of halogens is 4. The molecule has 6 nitrogen and oxygen atoms in total. The molecule has 1 aromatic carbocycles. The molecule has 2 aromatic rings. The normalized spacial score (nSPS) is 15.0. The molecule has 2 heterocycles. The van der Waals surface area contributed by atoms with Crippen molar-refractivity contribution in [1.29, 1.82) is 5.26 Å². The van der Waals surface area contributed by atoms with E-state index in [1.165, 1.54) is 10.6 Å². The number of aryl methyl sites for hydroxylation is 1. The average Bonchev–Trinajstić information content (AvgIpc) is 2.92. The predicted molar refractivity (Wildman–Crippen MR) is 92.8 cm³/mol. The number of rotatable bonds is 5. The Morgan fingerprint density at radius 1 is 1.17 bits per heavy atom. The van der Waals surface area contributed by atoms with Crippen molar-refractivity contribution in [2.75, 3.05) is 6.61 Å². The third-order valence-corrected chi connectivity index (χ3v) is 4.44. The number of benzene rings is 1. The number of alkyl halides is 3. The van der Waals surface area contributed by atoms with E-state index >= 15 is 0 Å². The van der Waals surface area contributed by atoms with Crippen LogP contribution in [-0.4, -0.2) is 33.3 Å². The van der Waals surface area contributed by atoms with E-state index in [9.17, 15) is 27.6 Å². The highest BCUT2D eigenvalue weighted by Gasteiger charge is 2.41. The van der Waals surface area contributed by atoms with Crippen LogP contribution in [0.5, 0.6) is 0 Å². The smallest absolute Gasteiger partial charge is 0.450 e. The van der Waals surface area contributed by atoms with E-state index in [0.29, 0.717) is 18.8 Å². The molecule has 0 spiro atoms. The van der Waals surface area contributed by atoms with Gasteiger partial charge >= 0.3 is 6.18 Å². The number of nitrogens with zero attached hydrogens (tertiary/aromatic N) is 4. The fraction of sp³-hybridized carbons (Fsp3) is 0.368. The van der Waals surface area contributed by atoms with Gasteiger partial charge in [0.1, 0.15) is 23.3 Å². The second kappa shape index (κ2) is 8.43. The zero-order valence-electron chi connectivity index (χ0n) is 15.2. The maximum absolute atomic E-state index is 13.6. The van der Waals surface area contributed by atoms with Crippen LogP contribution >= 0.6 is 0 Å². The van der Waals surface area contributed by atoms with E-state index in [1.54, 1.807) is 0 Å². The standard InChI is InChI=1S/C19H16F4N4O2/c20-13-7-5-12(6-8-13)15(28)11-29-17(19(21,22)23)14(10-24)18-26-25-16-4-2-1-3-9-27(16)18/h5-8H,1-4,9,11H2. The van der Waals surface area contributed by atoms with Crippen molar-refractivity contribution in [3.63, 3.8) is 0 Å². The number of fused-ring (bicyclic) bond motifs is 1. The Kier molecular flexibility index (Phi) is 5.96. The van der Waals surface area contributed by atoms with Gasteiger partial charge in [-0.25, -0.2) is 4.39 Å². The van der Waals surface area contributed by atoms with Gasteiger partial charge < -0.3 is 9.30 Å². The molecule has 0 saturated heterocycles. The van der Waals surface area contributed by atoms with Crippen LogP contribution < -0.4 is 0 Å². The summed E-state index contributed by atoms with van der Waals surface area (Å²) < 4.78 is 60.0. The van der Waals surface area contributed by atoms with Crippen molar-refractivity contribution in [3.8, 4) is 6.07 Å². The van der Waals surface area contributed by atoms with Crippen molar-refractivity contribution in [1.82, 2.24) is 14.8 Å². The van der Waals surface area contributed by atoms with Gasteiger partial charge in [-0.15, -0.1) is 10.2 Å². The summed E-state index contributed by atoms with van der Waals surface area (Å²) in [6, 6.07) is 5.81. The zero-order valence-corrected chi connectivity index (χ0v) is 15.2. The second-order valence-corrected chi connectivity index (χ2v) is 6.43. The van der Waals surface area contributed by atoms with Crippen molar-refractivity contribution >= 4 is 11.4 Å². The first-order chi connectivity index (χ1) is 13.8. The summed E-state index contributed by atoms with van der Waals surface area (Å²) in [5.41, 5.74) is -0.840. The predicted octanol–water partition coefficient (Wildman–Crippen LogP) is 3.84. The highest BCUT2D eigenvalue weighted by molar-refractivity contribution is 5.97. The highest BCUT2D eigenvalue weighted by atomic mass is 19.4. The number of hydrogen-bond donors (Lipinski definition) is 0. The minimum atomic E-state index is -5.02. The topological polar surface area (TPSA) is 80.8 Å². The van der Waals surface area contributed by atoms with E-state index in [4.69, 9.17) is 4.74 Å². The lowest BCUT2D eigenvalue weighted by molar-refractivity contribution is -0.127. The zero-order chi connectivity index (χ0) is 21.0. The van der Waals surface area contributed by atoms with Crippen molar-refractivity contribution in [2.45, 2.75) is 38.4 Å². The summed E-state index contributed by atoms with van der Waals surface area (Å²) in [5, 5.41) is 17.1. The Bertz CT molecular complexity index is 972. The van der Waals surface area contributed by atoms with Crippen LogP contribution in [0.2, 0.25) is 0 Å². The largest absolute Gasteiger partial charge is 0.480 e. The number of carbonyl (C=O) groups is 1. The Labute approximate surface area is 163 Å². The van der Waals surface area contributed by atoms with Gasteiger partial charge in [-0.2, -0.15) is 18.4 Å². The van der Waals surface area contributed by atoms with E-state index < -0.39 is 35.7 Å². The molecule has 0 bridgehead atoms. The summed E-state index contributed by atoms with van der Waals surface area (Å²) in [4.78, 5) is 12.1. The first-order valence-electron chi connectivity index (χ1n) is 8.87. The van der Waals surface area contributed by atoms with Crippen LogP contribution in [0.15, 0.2) is 30.0 Å². The Morgan fingerprint density at radius 2 is 1.90 bits per heavy atom. The Balaban J connectivity index is 1.93. The first kappa shape index (κ1) is 20.5. The molecule has 1 aliphatic rings. The molecule has 3 rings (SSSR count). The molecule has 0 atom stereocenters. The Hall–Kier alpha value is -3.22. The van der Waals surface area contributed by atoms with Crippen LogP contribution in [-0.2, 0) is 17.7 Å². The lowest BCUT2D eigenvalue weighted by Crippen LogP contribution is -2.21. The van der Waals surface area contributed by atoms with E-state index in [0.717, 1.165) is 43.5 Å². The molecule has 10 heteroatoms. The second-order valence-electron chi connectivity index (χ2n) is 6.43. The molecule has 0 aliphatic carbocycles. The molecular formula is C19H16F4N4O2. The maximum Gasteiger partial charge on any atom is 0.450 e. The van der Waals surface area contributed by atoms with Crippen LogP contribution in [0.1, 0.15) is 41.3 Å². The third-order valence-electron chi connectivity index (χ3n) is 4.44. The van der Waals surface area contributed by atoms with E-state index in [1.807, 2.05) is 0 Å². The lowest BCUT2D eigenvalue weighted by atomic mass is 10.1. The van der Waals surface area contributed by atoms with Gasteiger partial charge in [-0.1, -0.05) is 6.42 Å². The van der Waals surface area contributed by atoms with Crippen LogP contribution in [0.4, 0.5) is 17.6 Å². The number of ether oxygens (including phenoxy) is 1. The molecule has 0 N–H and O–H groups in total. The van der Waals surface area contributed by atoms with Gasteiger partial charge in [0.15, 0.2) is 18.2 Å².